The van der Waals surface area contributed by atoms with Gasteiger partial charge in [-0.1, -0.05) is 50.4 Å². The number of esters is 1. The number of benzene rings is 1. The highest BCUT2D eigenvalue weighted by Crippen LogP contribution is 2.51. The van der Waals surface area contributed by atoms with Gasteiger partial charge in [0.15, 0.2) is 0 Å². The fourth-order valence-corrected chi connectivity index (χ4v) is 5.76. The normalized spacial score (nSPS) is 28.0. The van der Waals surface area contributed by atoms with Gasteiger partial charge in [-0.15, -0.1) is 0 Å². The molecule has 142 valence electrons. The first kappa shape index (κ1) is 19.5. The van der Waals surface area contributed by atoms with Gasteiger partial charge < -0.3 is 10.1 Å². The average molecular weight is 398 g/mol. The molecule has 1 N–H and O–H groups in total. The van der Waals surface area contributed by atoms with E-state index in [9.17, 15) is 9.59 Å². The van der Waals surface area contributed by atoms with Crippen LogP contribution in [0.4, 0.5) is 0 Å². The fraction of sp³-hybridized carbons (Fsp3) is 0.600. The van der Waals surface area contributed by atoms with Gasteiger partial charge in [0.05, 0.1) is 23.6 Å². The highest BCUT2D eigenvalue weighted by Gasteiger charge is 2.50. The third-order valence-corrected chi connectivity index (χ3v) is 6.88. The molecule has 0 spiro atoms. The highest BCUT2D eigenvalue weighted by molar-refractivity contribution is 6.38. The molecule has 1 heterocycles. The third kappa shape index (κ3) is 2.91. The van der Waals surface area contributed by atoms with Crippen LogP contribution in [0.1, 0.15) is 67.4 Å². The second-order valence-electron chi connectivity index (χ2n) is 7.92. The lowest BCUT2D eigenvalue weighted by molar-refractivity contribution is -0.150. The summed E-state index contributed by atoms with van der Waals surface area (Å²) in [6.45, 7) is 6.56. The number of carbonyl (C=O) groups is 2. The number of carbonyl (C=O) groups excluding carboxylic acids is 2. The Morgan fingerprint density at radius 2 is 2.08 bits per heavy atom. The summed E-state index contributed by atoms with van der Waals surface area (Å²) in [6.07, 6.45) is 2.53. The number of hydrogen-bond donors (Lipinski definition) is 1. The Balaban J connectivity index is 2.23. The number of ether oxygens (including phenoxy) is 1. The van der Waals surface area contributed by atoms with Gasteiger partial charge in [-0.25, -0.2) is 0 Å². The van der Waals surface area contributed by atoms with Crippen LogP contribution in [-0.2, 0) is 14.9 Å². The number of halogens is 2. The summed E-state index contributed by atoms with van der Waals surface area (Å²) >= 11 is 13.3. The fourth-order valence-electron chi connectivity index (χ4n) is 4.78. The van der Waals surface area contributed by atoms with Crippen molar-refractivity contribution in [2.45, 2.75) is 51.4 Å². The molecule has 1 aromatic carbocycles. The van der Waals surface area contributed by atoms with Gasteiger partial charge in [0, 0.05) is 11.6 Å². The van der Waals surface area contributed by atoms with E-state index in [0.29, 0.717) is 22.2 Å². The molecule has 1 aromatic rings. The topological polar surface area (TPSA) is 55.4 Å². The largest absolute Gasteiger partial charge is 0.469 e. The van der Waals surface area contributed by atoms with Gasteiger partial charge >= 0.3 is 5.97 Å². The highest BCUT2D eigenvalue weighted by atomic mass is 35.5. The zero-order valence-corrected chi connectivity index (χ0v) is 17.1. The predicted octanol–water partition coefficient (Wildman–Crippen LogP) is 4.71. The molecule has 2 aliphatic rings. The van der Waals surface area contributed by atoms with Crippen molar-refractivity contribution in [3.05, 3.63) is 32.8 Å². The van der Waals surface area contributed by atoms with Crippen molar-refractivity contribution in [3.63, 3.8) is 0 Å². The van der Waals surface area contributed by atoms with Crippen molar-refractivity contribution in [1.82, 2.24) is 5.32 Å². The molecule has 3 rings (SSSR count). The van der Waals surface area contributed by atoms with Crippen LogP contribution in [0.15, 0.2) is 6.07 Å². The van der Waals surface area contributed by atoms with Crippen LogP contribution >= 0.6 is 23.2 Å². The SMILES string of the molecule is COC(=O)[C@@H]1CCC[C@]2(C)c3cc(Cl)c(C(C)C)c(Cl)c3C(=O)NC[C@H]12. The van der Waals surface area contributed by atoms with Crippen molar-refractivity contribution in [3.8, 4) is 0 Å². The van der Waals surface area contributed by atoms with Crippen LogP contribution in [0.25, 0.3) is 0 Å². The molecule has 4 nitrogen and oxygen atoms in total. The Morgan fingerprint density at radius 1 is 1.38 bits per heavy atom. The zero-order valence-electron chi connectivity index (χ0n) is 15.6. The molecule has 3 atom stereocenters. The van der Waals surface area contributed by atoms with E-state index in [1.54, 1.807) is 0 Å². The van der Waals surface area contributed by atoms with Crippen LogP contribution < -0.4 is 5.32 Å². The van der Waals surface area contributed by atoms with E-state index in [4.69, 9.17) is 27.9 Å². The van der Waals surface area contributed by atoms with E-state index in [1.807, 2.05) is 19.9 Å². The number of fused-ring (bicyclic) bond motifs is 3. The maximum absolute atomic E-state index is 12.9. The minimum absolute atomic E-state index is 0.0501. The summed E-state index contributed by atoms with van der Waals surface area (Å²) in [7, 11) is 1.42. The van der Waals surface area contributed by atoms with Gasteiger partial charge in [0.2, 0.25) is 0 Å². The van der Waals surface area contributed by atoms with Crippen LogP contribution in [0.3, 0.4) is 0 Å². The monoisotopic (exact) mass is 397 g/mol. The Bertz CT molecular complexity index is 762. The van der Waals surface area contributed by atoms with E-state index in [1.165, 1.54) is 7.11 Å². The molecular formula is C20H25Cl2NO3. The van der Waals surface area contributed by atoms with Gasteiger partial charge in [0.25, 0.3) is 5.91 Å². The van der Waals surface area contributed by atoms with E-state index in [-0.39, 0.29) is 35.0 Å². The maximum Gasteiger partial charge on any atom is 0.309 e. The van der Waals surface area contributed by atoms with Crippen molar-refractivity contribution in [2.75, 3.05) is 13.7 Å². The maximum atomic E-state index is 12.9. The molecule has 0 radical (unpaired) electrons. The summed E-state index contributed by atoms with van der Waals surface area (Å²) in [6, 6.07) is 1.90. The first-order valence-electron chi connectivity index (χ1n) is 9.10. The standard InChI is InChI=1S/C20H25Cl2NO3/c1-10(2)15-14(21)8-12-16(17(15)22)18(24)23-9-13-11(19(25)26-4)6-5-7-20(12,13)3/h8,10-11,13H,5-7,9H2,1-4H3,(H,23,24)/t11-,13-,20-/m1/s1. The Kier molecular flexibility index (Phi) is 5.28. The smallest absolute Gasteiger partial charge is 0.309 e. The lowest BCUT2D eigenvalue weighted by Gasteiger charge is -2.45. The minimum Gasteiger partial charge on any atom is -0.469 e. The number of hydrogen-bond acceptors (Lipinski definition) is 3. The molecule has 0 aromatic heterocycles. The molecular weight excluding hydrogens is 373 g/mol. The molecule has 0 saturated heterocycles. The van der Waals surface area contributed by atoms with Gasteiger partial charge in [0.1, 0.15) is 0 Å². The third-order valence-electron chi connectivity index (χ3n) is 6.18. The molecule has 1 aliphatic carbocycles. The Morgan fingerprint density at radius 3 is 2.69 bits per heavy atom. The molecule has 0 unspecified atom stereocenters. The second-order valence-corrected chi connectivity index (χ2v) is 8.70. The van der Waals surface area contributed by atoms with Crippen molar-refractivity contribution >= 4 is 35.1 Å². The van der Waals surface area contributed by atoms with E-state index >= 15 is 0 Å². The van der Waals surface area contributed by atoms with Crippen LogP contribution in [0, 0.1) is 11.8 Å². The number of amides is 1. The van der Waals surface area contributed by atoms with E-state index in [2.05, 4.69) is 12.2 Å². The predicted molar refractivity (Wildman–Crippen MR) is 103 cm³/mol. The van der Waals surface area contributed by atoms with Gasteiger partial charge in [-0.2, -0.15) is 0 Å². The summed E-state index contributed by atoms with van der Waals surface area (Å²) in [5, 5.41) is 4.00. The molecule has 1 saturated carbocycles. The lowest BCUT2D eigenvalue weighted by atomic mass is 9.59. The summed E-state index contributed by atoms with van der Waals surface area (Å²) in [5.41, 5.74) is 1.79. The van der Waals surface area contributed by atoms with E-state index < -0.39 is 0 Å². The molecule has 1 amide bonds. The van der Waals surface area contributed by atoms with Crippen molar-refractivity contribution < 1.29 is 14.3 Å². The molecule has 1 aliphatic heterocycles. The number of methoxy groups -OCH3 is 1. The number of nitrogens with one attached hydrogen (secondary N) is 1. The Hall–Kier alpha value is -1.26. The number of rotatable bonds is 2. The second kappa shape index (κ2) is 7.05. The molecule has 26 heavy (non-hydrogen) atoms. The molecule has 6 heteroatoms. The quantitative estimate of drug-likeness (QED) is 0.735. The van der Waals surface area contributed by atoms with Crippen molar-refractivity contribution in [2.24, 2.45) is 11.8 Å². The molecule has 0 bridgehead atoms. The Labute approximate surface area is 164 Å². The average Bonchev–Trinajstić information content (AvgIpc) is 2.68. The summed E-state index contributed by atoms with van der Waals surface area (Å²) in [4.78, 5) is 25.2. The van der Waals surface area contributed by atoms with Crippen LogP contribution in [0.5, 0.6) is 0 Å². The van der Waals surface area contributed by atoms with Crippen molar-refractivity contribution in [1.29, 1.82) is 0 Å². The zero-order chi connectivity index (χ0) is 19.2. The van der Waals surface area contributed by atoms with Gasteiger partial charge in [-0.3, -0.25) is 9.59 Å². The van der Waals surface area contributed by atoms with E-state index in [0.717, 1.165) is 30.4 Å². The first-order chi connectivity index (χ1) is 12.2. The molecule has 1 fully saturated rings. The lowest BCUT2D eigenvalue weighted by Crippen LogP contribution is -2.47. The van der Waals surface area contributed by atoms with Crippen LogP contribution in [-0.4, -0.2) is 25.5 Å². The summed E-state index contributed by atoms with van der Waals surface area (Å²) < 4.78 is 5.03. The van der Waals surface area contributed by atoms with Crippen LogP contribution in [0.2, 0.25) is 10.0 Å². The van der Waals surface area contributed by atoms with Gasteiger partial charge in [-0.05, 0) is 47.3 Å². The summed E-state index contributed by atoms with van der Waals surface area (Å²) in [5.74, 6) is -0.593. The first-order valence-corrected chi connectivity index (χ1v) is 9.86. The minimum atomic E-state index is -0.367.